The molecule has 0 unspecified atom stereocenters. The van der Waals surface area contributed by atoms with Crippen molar-refractivity contribution in [3.8, 4) is 5.75 Å². The van der Waals surface area contributed by atoms with Crippen molar-refractivity contribution in [2.75, 3.05) is 20.2 Å². The lowest BCUT2D eigenvalue weighted by molar-refractivity contribution is 0.410. The van der Waals surface area contributed by atoms with Gasteiger partial charge in [-0.1, -0.05) is 24.3 Å². The number of pyridine rings is 1. The van der Waals surface area contributed by atoms with Gasteiger partial charge in [0.25, 0.3) is 0 Å². The van der Waals surface area contributed by atoms with Crippen LogP contribution in [0.4, 0.5) is 0 Å². The number of para-hydroxylation sites is 1. The maximum absolute atomic E-state index is 11.7. The Kier molecular flexibility index (Phi) is 11.2. The quantitative estimate of drug-likeness (QED) is 0.249. The fraction of sp³-hybridized carbons (Fsp3) is 0.400. The van der Waals surface area contributed by atoms with E-state index in [2.05, 4.69) is 15.6 Å². The molecule has 0 radical (unpaired) electrons. The first-order chi connectivity index (χ1) is 12.7. The van der Waals surface area contributed by atoms with Crippen LogP contribution in [0.3, 0.4) is 0 Å². The standard InChI is InChI=1S/C20H28N4O2.HI/c1-3-21-20(23-16-17-10-4-5-11-18(17)26-2)22-13-7-9-15-24-14-8-6-12-19(24)25;/h4-6,8,10-12,14H,3,7,9,13,15-16H2,1-2H3,(H2,21,22,23);1H. The summed E-state index contributed by atoms with van der Waals surface area (Å²) in [5, 5.41) is 6.59. The van der Waals surface area contributed by atoms with Crippen LogP contribution in [-0.4, -0.2) is 30.7 Å². The lowest BCUT2D eigenvalue weighted by Crippen LogP contribution is -2.37. The molecule has 2 N–H and O–H groups in total. The molecular formula is C20H29IN4O2. The van der Waals surface area contributed by atoms with E-state index >= 15 is 0 Å². The summed E-state index contributed by atoms with van der Waals surface area (Å²) in [6.07, 6.45) is 3.72. The van der Waals surface area contributed by atoms with Gasteiger partial charge in [0, 0.05) is 37.5 Å². The van der Waals surface area contributed by atoms with Crippen molar-refractivity contribution in [2.24, 2.45) is 4.99 Å². The number of benzene rings is 1. The van der Waals surface area contributed by atoms with Gasteiger partial charge in [0.2, 0.25) is 5.56 Å². The molecule has 0 aliphatic rings. The average Bonchev–Trinajstić information content (AvgIpc) is 2.67. The van der Waals surface area contributed by atoms with Gasteiger partial charge in [-0.2, -0.15) is 0 Å². The topological polar surface area (TPSA) is 67.7 Å². The molecule has 0 spiro atoms. The number of nitrogens with one attached hydrogen (secondary N) is 2. The fourth-order valence-corrected chi connectivity index (χ4v) is 2.60. The number of ether oxygens (including phenoxy) is 1. The van der Waals surface area contributed by atoms with Crippen LogP contribution in [0.5, 0.6) is 5.75 Å². The van der Waals surface area contributed by atoms with Crippen LogP contribution < -0.4 is 20.9 Å². The fourth-order valence-electron chi connectivity index (χ4n) is 2.60. The summed E-state index contributed by atoms with van der Waals surface area (Å²) in [5.41, 5.74) is 1.10. The van der Waals surface area contributed by atoms with E-state index in [1.165, 1.54) is 0 Å². The molecule has 2 rings (SSSR count). The van der Waals surface area contributed by atoms with Crippen molar-refractivity contribution < 1.29 is 4.74 Å². The molecule has 0 aliphatic heterocycles. The minimum Gasteiger partial charge on any atom is -0.496 e. The summed E-state index contributed by atoms with van der Waals surface area (Å²) in [7, 11) is 1.67. The van der Waals surface area contributed by atoms with Gasteiger partial charge in [-0.3, -0.25) is 4.79 Å². The lowest BCUT2D eigenvalue weighted by Gasteiger charge is -2.12. The molecule has 0 saturated carbocycles. The first kappa shape index (κ1) is 23.0. The Morgan fingerprint density at radius 1 is 1.11 bits per heavy atom. The van der Waals surface area contributed by atoms with E-state index in [4.69, 9.17) is 4.74 Å². The van der Waals surface area contributed by atoms with Crippen LogP contribution in [0, 0.1) is 0 Å². The zero-order chi connectivity index (χ0) is 18.6. The summed E-state index contributed by atoms with van der Waals surface area (Å²) in [6.45, 7) is 4.94. The van der Waals surface area contributed by atoms with Gasteiger partial charge in [-0.15, -0.1) is 24.0 Å². The third-order valence-electron chi connectivity index (χ3n) is 3.96. The molecule has 7 heteroatoms. The van der Waals surface area contributed by atoms with E-state index in [0.717, 1.165) is 49.7 Å². The van der Waals surface area contributed by atoms with Crippen molar-refractivity contribution in [3.63, 3.8) is 0 Å². The molecule has 27 heavy (non-hydrogen) atoms. The van der Waals surface area contributed by atoms with E-state index < -0.39 is 0 Å². The highest BCUT2D eigenvalue weighted by Gasteiger charge is 2.02. The Labute approximate surface area is 178 Å². The number of rotatable bonds is 9. The predicted molar refractivity (Wildman–Crippen MR) is 121 cm³/mol. The maximum Gasteiger partial charge on any atom is 0.250 e. The predicted octanol–water partition coefficient (Wildman–Crippen LogP) is 3.01. The molecule has 1 heterocycles. The van der Waals surface area contributed by atoms with Gasteiger partial charge in [-0.05, 0) is 31.9 Å². The van der Waals surface area contributed by atoms with E-state index in [1.807, 2.05) is 43.5 Å². The second-order valence-electron chi connectivity index (χ2n) is 5.87. The second kappa shape index (κ2) is 13.2. The van der Waals surface area contributed by atoms with Crippen LogP contribution >= 0.6 is 24.0 Å². The molecule has 0 aliphatic carbocycles. The molecule has 2 aromatic rings. The van der Waals surface area contributed by atoms with Crippen molar-refractivity contribution in [1.82, 2.24) is 15.2 Å². The number of aliphatic imine (C=N–C) groups is 1. The Morgan fingerprint density at radius 2 is 1.89 bits per heavy atom. The van der Waals surface area contributed by atoms with Crippen LogP contribution in [0.1, 0.15) is 25.3 Å². The Hall–Kier alpha value is -2.03. The molecule has 0 saturated heterocycles. The molecule has 0 amide bonds. The highest BCUT2D eigenvalue weighted by Crippen LogP contribution is 2.17. The number of nitrogens with zero attached hydrogens (tertiary/aromatic N) is 2. The normalized spacial score (nSPS) is 10.8. The number of hydrogen-bond donors (Lipinski definition) is 2. The van der Waals surface area contributed by atoms with Crippen LogP contribution in [0.15, 0.2) is 58.4 Å². The molecule has 0 atom stereocenters. The number of aryl methyl sites for hydroxylation is 1. The molecule has 1 aromatic carbocycles. The van der Waals surface area contributed by atoms with Crippen molar-refractivity contribution >= 4 is 29.9 Å². The maximum atomic E-state index is 11.7. The number of unbranched alkanes of at least 4 members (excludes halogenated alkanes) is 1. The molecular weight excluding hydrogens is 455 g/mol. The van der Waals surface area contributed by atoms with E-state index in [0.29, 0.717) is 6.54 Å². The highest BCUT2D eigenvalue weighted by molar-refractivity contribution is 14.0. The second-order valence-corrected chi connectivity index (χ2v) is 5.87. The molecule has 0 bridgehead atoms. The zero-order valence-corrected chi connectivity index (χ0v) is 18.3. The highest BCUT2D eigenvalue weighted by atomic mass is 127. The average molecular weight is 484 g/mol. The van der Waals surface area contributed by atoms with Gasteiger partial charge in [0.1, 0.15) is 5.75 Å². The summed E-state index contributed by atoms with van der Waals surface area (Å²) in [4.78, 5) is 16.3. The molecule has 148 valence electrons. The first-order valence-corrected chi connectivity index (χ1v) is 9.04. The van der Waals surface area contributed by atoms with Gasteiger partial charge in [0.05, 0.1) is 13.7 Å². The van der Waals surface area contributed by atoms with E-state index in [9.17, 15) is 4.79 Å². The number of methoxy groups -OCH3 is 1. The SMILES string of the molecule is CCNC(=NCc1ccccc1OC)NCCCCn1ccccc1=O.I. The summed E-state index contributed by atoms with van der Waals surface area (Å²) >= 11 is 0. The van der Waals surface area contributed by atoms with Crippen LogP contribution in [0.25, 0.3) is 0 Å². The summed E-state index contributed by atoms with van der Waals surface area (Å²) < 4.78 is 7.10. The Bertz CT molecular complexity index is 761. The first-order valence-electron chi connectivity index (χ1n) is 9.04. The third-order valence-corrected chi connectivity index (χ3v) is 3.96. The monoisotopic (exact) mass is 484 g/mol. The van der Waals surface area contributed by atoms with Crippen molar-refractivity contribution in [2.45, 2.75) is 32.9 Å². The van der Waals surface area contributed by atoms with Gasteiger partial charge in [-0.25, -0.2) is 4.99 Å². The van der Waals surface area contributed by atoms with Crippen LogP contribution in [-0.2, 0) is 13.1 Å². The van der Waals surface area contributed by atoms with Crippen LogP contribution in [0.2, 0.25) is 0 Å². The minimum atomic E-state index is 0. The smallest absolute Gasteiger partial charge is 0.250 e. The number of guanidine groups is 1. The lowest BCUT2D eigenvalue weighted by atomic mass is 10.2. The Balaban J connectivity index is 0.00000364. The molecule has 1 aromatic heterocycles. The molecule has 0 fully saturated rings. The number of halogens is 1. The third kappa shape index (κ3) is 8.03. The minimum absolute atomic E-state index is 0. The van der Waals surface area contributed by atoms with Crippen molar-refractivity contribution in [3.05, 3.63) is 64.6 Å². The van der Waals surface area contributed by atoms with Gasteiger partial charge in [0.15, 0.2) is 5.96 Å². The number of aromatic nitrogens is 1. The van der Waals surface area contributed by atoms with E-state index in [1.54, 1.807) is 23.8 Å². The van der Waals surface area contributed by atoms with Gasteiger partial charge < -0.3 is 19.9 Å². The summed E-state index contributed by atoms with van der Waals surface area (Å²) in [6, 6.07) is 13.1. The largest absolute Gasteiger partial charge is 0.496 e. The Morgan fingerprint density at radius 3 is 2.63 bits per heavy atom. The zero-order valence-electron chi connectivity index (χ0n) is 16.0. The molecule has 6 nitrogen and oxygen atoms in total. The number of hydrogen-bond acceptors (Lipinski definition) is 3. The van der Waals surface area contributed by atoms with E-state index in [-0.39, 0.29) is 29.5 Å². The summed E-state index contributed by atoms with van der Waals surface area (Å²) in [5.74, 6) is 1.63. The van der Waals surface area contributed by atoms with Gasteiger partial charge >= 0.3 is 0 Å². The van der Waals surface area contributed by atoms with Crippen molar-refractivity contribution in [1.29, 1.82) is 0 Å².